The number of rotatable bonds is 2. The minimum atomic E-state index is 0.578. The summed E-state index contributed by atoms with van der Waals surface area (Å²) in [4.78, 5) is 0. The Balaban J connectivity index is 2.04. The van der Waals surface area contributed by atoms with Crippen LogP contribution < -0.4 is 0 Å². The zero-order valence-electron chi connectivity index (χ0n) is 10.2. The Morgan fingerprint density at radius 2 is 1.20 bits per heavy atom. The van der Waals surface area contributed by atoms with Gasteiger partial charge in [-0.05, 0) is 24.3 Å². The van der Waals surface area contributed by atoms with Crippen LogP contribution >= 0.6 is 34.8 Å². The minimum Gasteiger partial charge on any atom is -0.276 e. The van der Waals surface area contributed by atoms with Crippen LogP contribution in [0.25, 0.3) is 22.5 Å². The summed E-state index contributed by atoms with van der Waals surface area (Å²) in [6.07, 6.45) is 0. The van der Waals surface area contributed by atoms with Gasteiger partial charge in [-0.15, -0.1) is 0 Å². The van der Waals surface area contributed by atoms with E-state index in [1.54, 1.807) is 0 Å². The van der Waals surface area contributed by atoms with E-state index < -0.39 is 0 Å². The molecule has 0 aliphatic rings. The maximum atomic E-state index is 6.41. The lowest BCUT2D eigenvalue weighted by atomic mass is 10.1. The molecule has 0 saturated heterocycles. The summed E-state index contributed by atoms with van der Waals surface area (Å²) in [7, 11) is 0. The van der Waals surface area contributed by atoms with Crippen molar-refractivity contribution in [2.45, 2.75) is 0 Å². The molecule has 0 fully saturated rings. The topological polar surface area (TPSA) is 28.7 Å². The fourth-order valence-corrected chi connectivity index (χ4v) is 2.49. The van der Waals surface area contributed by atoms with Gasteiger partial charge in [-0.2, -0.15) is 5.10 Å². The maximum absolute atomic E-state index is 6.41. The molecule has 0 aliphatic carbocycles. The van der Waals surface area contributed by atoms with E-state index in [1.807, 2.05) is 48.5 Å². The summed E-state index contributed by atoms with van der Waals surface area (Å²) in [5.41, 5.74) is 3.32. The zero-order valence-corrected chi connectivity index (χ0v) is 12.5. The molecule has 0 radical (unpaired) electrons. The minimum absolute atomic E-state index is 0.578. The number of nitrogens with zero attached hydrogens (tertiary/aromatic N) is 1. The molecule has 2 nitrogen and oxygen atoms in total. The van der Waals surface area contributed by atoms with Crippen molar-refractivity contribution < 1.29 is 0 Å². The highest BCUT2D eigenvalue weighted by Crippen LogP contribution is 2.34. The Bertz CT molecular complexity index is 668. The van der Waals surface area contributed by atoms with Crippen molar-refractivity contribution in [2.24, 2.45) is 0 Å². The van der Waals surface area contributed by atoms with Crippen molar-refractivity contribution >= 4 is 34.8 Å². The van der Waals surface area contributed by atoms with Crippen molar-refractivity contribution in [1.29, 1.82) is 0 Å². The molecule has 0 bridgehead atoms. The third-order valence-electron chi connectivity index (χ3n) is 2.96. The van der Waals surface area contributed by atoms with Crippen LogP contribution in [0.2, 0.25) is 15.1 Å². The van der Waals surface area contributed by atoms with E-state index in [0.717, 1.165) is 16.8 Å². The van der Waals surface area contributed by atoms with Crippen LogP contribution in [0.1, 0.15) is 0 Å². The number of halogens is 3. The fraction of sp³-hybridized carbons (Fsp3) is 0. The Labute approximate surface area is 131 Å². The molecule has 0 spiro atoms. The van der Waals surface area contributed by atoms with Gasteiger partial charge < -0.3 is 0 Å². The van der Waals surface area contributed by atoms with Crippen molar-refractivity contribution in [1.82, 2.24) is 10.2 Å². The highest BCUT2D eigenvalue weighted by atomic mass is 35.5. The van der Waals surface area contributed by atoms with Gasteiger partial charge in [0.2, 0.25) is 0 Å². The van der Waals surface area contributed by atoms with Crippen molar-refractivity contribution in [3.05, 3.63) is 63.6 Å². The monoisotopic (exact) mass is 322 g/mol. The van der Waals surface area contributed by atoms with E-state index in [0.29, 0.717) is 20.8 Å². The first-order valence-electron chi connectivity index (χ1n) is 5.91. The first-order valence-corrected chi connectivity index (χ1v) is 7.04. The molecule has 1 N–H and O–H groups in total. The lowest BCUT2D eigenvalue weighted by Crippen LogP contribution is -1.78. The number of aromatic nitrogens is 2. The van der Waals surface area contributed by atoms with Crippen LogP contribution in [0.5, 0.6) is 0 Å². The second kappa shape index (κ2) is 5.49. The Kier molecular flexibility index (Phi) is 3.70. The number of aromatic amines is 1. The summed E-state index contributed by atoms with van der Waals surface area (Å²) < 4.78 is 0. The van der Waals surface area contributed by atoms with Crippen LogP contribution in [0.4, 0.5) is 0 Å². The third-order valence-corrected chi connectivity index (χ3v) is 3.83. The molecule has 3 aromatic rings. The van der Waals surface area contributed by atoms with Gasteiger partial charge in [0.25, 0.3) is 0 Å². The summed E-state index contributed by atoms with van der Waals surface area (Å²) >= 11 is 18.2. The second-order valence-corrected chi connectivity index (χ2v) is 5.53. The van der Waals surface area contributed by atoms with Gasteiger partial charge in [0, 0.05) is 21.2 Å². The van der Waals surface area contributed by atoms with E-state index in [1.165, 1.54) is 0 Å². The van der Waals surface area contributed by atoms with E-state index >= 15 is 0 Å². The second-order valence-electron chi connectivity index (χ2n) is 4.27. The lowest BCUT2D eigenvalue weighted by Gasteiger charge is -2.00. The number of benzene rings is 2. The number of nitrogens with one attached hydrogen (secondary N) is 1. The molecule has 0 atom stereocenters. The maximum Gasteiger partial charge on any atom is 0.111 e. The molecule has 0 saturated carbocycles. The Morgan fingerprint density at radius 3 is 1.75 bits per heavy atom. The van der Waals surface area contributed by atoms with Crippen LogP contribution in [0, 0.1) is 0 Å². The SMILES string of the molecule is Clc1ccc(-c2n[nH]c(-c3ccc(Cl)cc3)c2Cl)cc1. The van der Waals surface area contributed by atoms with E-state index in [4.69, 9.17) is 34.8 Å². The van der Waals surface area contributed by atoms with Crippen LogP contribution in [-0.2, 0) is 0 Å². The quantitative estimate of drug-likeness (QED) is 0.643. The van der Waals surface area contributed by atoms with E-state index in [9.17, 15) is 0 Å². The Morgan fingerprint density at radius 1 is 0.700 bits per heavy atom. The summed E-state index contributed by atoms with van der Waals surface area (Å²) in [5.74, 6) is 0. The molecular formula is C15H9Cl3N2. The molecule has 100 valence electrons. The predicted octanol–water partition coefficient (Wildman–Crippen LogP) is 5.70. The zero-order chi connectivity index (χ0) is 14.1. The number of hydrogen-bond donors (Lipinski definition) is 1. The smallest absolute Gasteiger partial charge is 0.111 e. The van der Waals surface area contributed by atoms with Gasteiger partial charge in [-0.3, -0.25) is 5.10 Å². The predicted molar refractivity (Wildman–Crippen MR) is 84.5 cm³/mol. The highest BCUT2D eigenvalue weighted by molar-refractivity contribution is 6.35. The van der Waals surface area contributed by atoms with E-state index in [-0.39, 0.29) is 0 Å². The molecular weight excluding hydrogens is 315 g/mol. The molecule has 3 rings (SSSR count). The van der Waals surface area contributed by atoms with Gasteiger partial charge in [0.1, 0.15) is 5.69 Å². The molecule has 2 aromatic carbocycles. The molecule has 0 aliphatic heterocycles. The summed E-state index contributed by atoms with van der Waals surface area (Å²) in [6.45, 7) is 0. The summed E-state index contributed by atoms with van der Waals surface area (Å²) in [6, 6.07) is 14.8. The lowest BCUT2D eigenvalue weighted by molar-refractivity contribution is 1.10. The largest absolute Gasteiger partial charge is 0.276 e. The standard InChI is InChI=1S/C15H9Cl3N2/c16-11-5-1-9(2-6-11)14-13(18)15(20-19-14)10-3-7-12(17)8-4-10/h1-8H,(H,19,20). The Hall–Kier alpha value is -1.48. The van der Waals surface area contributed by atoms with Gasteiger partial charge in [-0.25, -0.2) is 0 Å². The van der Waals surface area contributed by atoms with Crippen LogP contribution in [0.3, 0.4) is 0 Å². The number of hydrogen-bond acceptors (Lipinski definition) is 1. The average Bonchev–Trinajstić information content (AvgIpc) is 2.83. The van der Waals surface area contributed by atoms with E-state index in [2.05, 4.69) is 10.2 Å². The highest BCUT2D eigenvalue weighted by Gasteiger charge is 2.14. The molecule has 1 aromatic heterocycles. The molecule has 20 heavy (non-hydrogen) atoms. The fourth-order valence-electron chi connectivity index (χ4n) is 1.94. The molecule has 0 amide bonds. The normalized spacial score (nSPS) is 10.8. The van der Waals surface area contributed by atoms with Crippen molar-refractivity contribution in [2.75, 3.05) is 0 Å². The molecule has 1 heterocycles. The first-order chi connectivity index (χ1) is 9.65. The average molecular weight is 324 g/mol. The van der Waals surface area contributed by atoms with Crippen LogP contribution in [0.15, 0.2) is 48.5 Å². The van der Waals surface area contributed by atoms with Gasteiger partial charge in [0.15, 0.2) is 0 Å². The number of H-pyrrole nitrogens is 1. The van der Waals surface area contributed by atoms with Gasteiger partial charge >= 0.3 is 0 Å². The van der Waals surface area contributed by atoms with Gasteiger partial charge in [0.05, 0.1) is 10.7 Å². The van der Waals surface area contributed by atoms with Crippen molar-refractivity contribution in [3.8, 4) is 22.5 Å². The summed E-state index contributed by atoms with van der Waals surface area (Å²) in [5, 5.41) is 9.19. The van der Waals surface area contributed by atoms with Crippen molar-refractivity contribution in [3.63, 3.8) is 0 Å². The molecule has 0 unspecified atom stereocenters. The first kappa shape index (κ1) is 13.5. The molecule has 5 heteroatoms. The third kappa shape index (κ3) is 2.55. The van der Waals surface area contributed by atoms with Gasteiger partial charge in [-0.1, -0.05) is 59.1 Å². The van der Waals surface area contributed by atoms with Crippen LogP contribution in [-0.4, -0.2) is 10.2 Å².